The third kappa shape index (κ3) is 6.85. The van der Waals surface area contributed by atoms with Crippen molar-refractivity contribution in [3.05, 3.63) is 54.1 Å². The zero-order chi connectivity index (χ0) is 22.5. The molecule has 0 atom stereocenters. The average molecular weight is 434 g/mol. The van der Waals surface area contributed by atoms with Gasteiger partial charge in [-0.15, -0.1) is 0 Å². The van der Waals surface area contributed by atoms with Gasteiger partial charge in [0.2, 0.25) is 10.0 Å². The summed E-state index contributed by atoms with van der Waals surface area (Å²) in [7, 11) is -0.371. The van der Waals surface area contributed by atoms with E-state index in [4.69, 9.17) is 4.74 Å². The maximum Gasteiger partial charge on any atom is 0.259 e. The van der Waals surface area contributed by atoms with Crippen LogP contribution in [0.2, 0.25) is 0 Å². The normalized spacial score (nSPS) is 11.6. The van der Waals surface area contributed by atoms with E-state index in [-0.39, 0.29) is 23.3 Å². The third-order valence-electron chi connectivity index (χ3n) is 3.84. The molecule has 2 aromatic rings. The SMILES string of the molecule is CN(C)C(=O)COc1ccc(NC(=O)c2ccc(S(=O)(=O)NC(C)(C)C)cc2)cc1. The number of nitrogens with zero attached hydrogens (tertiary/aromatic N) is 1. The summed E-state index contributed by atoms with van der Waals surface area (Å²) in [5.41, 5.74) is 0.254. The van der Waals surface area contributed by atoms with Gasteiger partial charge in [-0.05, 0) is 69.3 Å². The highest BCUT2D eigenvalue weighted by molar-refractivity contribution is 7.89. The number of anilines is 1. The van der Waals surface area contributed by atoms with E-state index < -0.39 is 15.6 Å². The van der Waals surface area contributed by atoms with E-state index >= 15 is 0 Å². The summed E-state index contributed by atoms with van der Waals surface area (Å²) in [6.45, 7) is 5.19. The molecule has 2 aromatic carbocycles. The minimum absolute atomic E-state index is 0.0714. The number of sulfonamides is 1. The van der Waals surface area contributed by atoms with Crippen LogP contribution in [0.5, 0.6) is 5.75 Å². The number of benzene rings is 2. The number of nitrogens with one attached hydrogen (secondary N) is 2. The van der Waals surface area contributed by atoms with E-state index in [9.17, 15) is 18.0 Å². The van der Waals surface area contributed by atoms with E-state index in [2.05, 4.69) is 10.0 Å². The number of carbonyl (C=O) groups excluding carboxylic acids is 2. The summed E-state index contributed by atoms with van der Waals surface area (Å²) in [6.07, 6.45) is 0. The van der Waals surface area contributed by atoms with Crippen LogP contribution in [0.15, 0.2) is 53.4 Å². The zero-order valence-electron chi connectivity index (χ0n) is 17.7. The topological polar surface area (TPSA) is 105 Å². The molecule has 2 N–H and O–H groups in total. The van der Waals surface area contributed by atoms with Crippen molar-refractivity contribution in [1.29, 1.82) is 0 Å². The lowest BCUT2D eigenvalue weighted by Crippen LogP contribution is -2.40. The van der Waals surface area contributed by atoms with Crippen LogP contribution in [-0.4, -0.2) is 51.4 Å². The monoisotopic (exact) mass is 433 g/mol. The predicted molar refractivity (Wildman–Crippen MR) is 115 cm³/mol. The fourth-order valence-corrected chi connectivity index (χ4v) is 3.78. The maximum atomic E-state index is 12.4. The number of carbonyl (C=O) groups is 2. The van der Waals surface area contributed by atoms with Gasteiger partial charge < -0.3 is 15.0 Å². The number of hydrogen-bond donors (Lipinski definition) is 2. The van der Waals surface area contributed by atoms with Crippen molar-refractivity contribution in [3.63, 3.8) is 0 Å². The summed E-state index contributed by atoms with van der Waals surface area (Å²) in [5.74, 6) is -0.0289. The van der Waals surface area contributed by atoms with Crippen molar-refractivity contribution in [2.24, 2.45) is 0 Å². The molecule has 2 amide bonds. The Balaban J connectivity index is 2.00. The first kappa shape index (κ1) is 23.4. The molecule has 2 rings (SSSR count). The standard InChI is InChI=1S/C21H27N3O5S/c1-21(2,3)23-30(27,28)18-12-6-15(7-13-18)20(26)22-16-8-10-17(11-9-16)29-14-19(25)24(4)5/h6-13,23H,14H2,1-5H3,(H,22,26). The quantitative estimate of drug-likeness (QED) is 0.698. The molecule has 0 saturated heterocycles. The predicted octanol–water partition coefficient (Wildman–Crippen LogP) is 2.48. The van der Waals surface area contributed by atoms with Crippen molar-refractivity contribution in [3.8, 4) is 5.75 Å². The van der Waals surface area contributed by atoms with Crippen LogP contribution in [0.3, 0.4) is 0 Å². The van der Waals surface area contributed by atoms with E-state index in [1.165, 1.54) is 29.2 Å². The molecule has 0 saturated carbocycles. The van der Waals surface area contributed by atoms with Gasteiger partial charge in [0.05, 0.1) is 4.90 Å². The highest BCUT2D eigenvalue weighted by Gasteiger charge is 2.22. The van der Waals surface area contributed by atoms with Crippen molar-refractivity contribution in [2.45, 2.75) is 31.2 Å². The fraction of sp³-hybridized carbons (Fsp3) is 0.333. The molecule has 30 heavy (non-hydrogen) atoms. The molecule has 0 heterocycles. The maximum absolute atomic E-state index is 12.4. The Bertz CT molecular complexity index is 992. The zero-order valence-corrected chi connectivity index (χ0v) is 18.5. The van der Waals surface area contributed by atoms with Crippen molar-refractivity contribution in [1.82, 2.24) is 9.62 Å². The molecule has 0 aliphatic heterocycles. The van der Waals surface area contributed by atoms with Crippen LogP contribution in [-0.2, 0) is 14.8 Å². The number of hydrogen-bond acceptors (Lipinski definition) is 5. The van der Waals surface area contributed by atoms with Crippen molar-refractivity contribution < 1.29 is 22.7 Å². The third-order valence-corrected chi connectivity index (χ3v) is 5.61. The summed E-state index contributed by atoms with van der Waals surface area (Å²) in [4.78, 5) is 25.5. The number of rotatable bonds is 7. The molecule has 0 aromatic heterocycles. The first-order chi connectivity index (χ1) is 13.9. The first-order valence-corrected chi connectivity index (χ1v) is 10.7. The Labute approximate surface area is 177 Å². The van der Waals surface area contributed by atoms with Gasteiger partial charge in [0.15, 0.2) is 6.61 Å². The molecule has 0 radical (unpaired) electrons. The van der Waals surface area contributed by atoms with E-state index in [1.807, 2.05) is 0 Å². The lowest BCUT2D eigenvalue weighted by molar-refractivity contribution is -0.130. The average Bonchev–Trinajstić information content (AvgIpc) is 2.65. The molecule has 0 bridgehead atoms. The number of ether oxygens (including phenoxy) is 1. The Kier molecular flexibility index (Phi) is 7.22. The van der Waals surface area contributed by atoms with Crippen LogP contribution < -0.4 is 14.8 Å². The van der Waals surface area contributed by atoms with E-state index in [1.54, 1.807) is 59.1 Å². The van der Waals surface area contributed by atoms with Gasteiger partial charge in [-0.1, -0.05) is 0 Å². The largest absolute Gasteiger partial charge is 0.484 e. The molecule has 162 valence electrons. The van der Waals surface area contributed by atoms with Crippen molar-refractivity contribution in [2.75, 3.05) is 26.0 Å². The van der Waals surface area contributed by atoms with Gasteiger partial charge in [-0.3, -0.25) is 9.59 Å². The van der Waals surface area contributed by atoms with Gasteiger partial charge >= 0.3 is 0 Å². The summed E-state index contributed by atoms with van der Waals surface area (Å²) >= 11 is 0. The summed E-state index contributed by atoms with van der Waals surface area (Å²) in [6, 6.07) is 12.3. The molecule has 8 nitrogen and oxygen atoms in total. The van der Waals surface area contributed by atoms with Gasteiger partial charge in [0.1, 0.15) is 5.75 Å². The van der Waals surface area contributed by atoms with E-state index in [0.717, 1.165) is 0 Å². The summed E-state index contributed by atoms with van der Waals surface area (Å²) < 4.78 is 32.6. The molecular formula is C21H27N3O5S. The van der Waals surface area contributed by atoms with E-state index in [0.29, 0.717) is 17.0 Å². The number of amides is 2. The van der Waals surface area contributed by atoms with Crippen LogP contribution in [0.25, 0.3) is 0 Å². The Morgan fingerprint density at radius 1 is 0.967 bits per heavy atom. The Morgan fingerprint density at radius 3 is 2.03 bits per heavy atom. The van der Waals surface area contributed by atoms with Gasteiger partial charge in [-0.2, -0.15) is 0 Å². The smallest absolute Gasteiger partial charge is 0.259 e. The van der Waals surface area contributed by atoms with Gasteiger partial charge in [0, 0.05) is 30.9 Å². The number of likely N-dealkylation sites (N-methyl/N-ethyl adjacent to an activating group) is 1. The molecule has 0 aliphatic rings. The first-order valence-electron chi connectivity index (χ1n) is 9.26. The molecule has 0 aliphatic carbocycles. The van der Waals surface area contributed by atoms with Crippen LogP contribution in [0.4, 0.5) is 5.69 Å². The van der Waals surface area contributed by atoms with Gasteiger partial charge in [0.25, 0.3) is 11.8 Å². The Morgan fingerprint density at radius 2 is 1.53 bits per heavy atom. The van der Waals surface area contributed by atoms with Crippen LogP contribution in [0.1, 0.15) is 31.1 Å². The lowest BCUT2D eigenvalue weighted by atomic mass is 10.1. The summed E-state index contributed by atoms with van der Waals surface area (Å²) in [5, 5.41) is 2.73. The second kappa shape index (κ2) is 9.27. The minimum Gasteiger partial charge on any atom is -0.484 e. The molecule has 0 fully saturated rings. The van der Waals surface area contributed by atoms with Crippen molar-refractivity contribution >= 4 is 27.5 Å². The second-order valence-corrected chi connectivity index (χ2v) is 9.62. The highest BCUT2D eigenvalue weighted by Crippen LogP contribution is 2.18. The second-order valence-electron chi connectivity index (χ2n) is 7.94. The Hall–Kier alpha value is -2.91. The van der Waals surface area contributed by atoms with Crippen LogP contribution >= 0.6 is 0 Å². The van der Waals surface area contributed by atoms with Crippen LogP contribution in [0, 0.1) is 0 Å². The molecule has 0 spiro atoms. The highest BCUT2D eigenvalue weighted by atomic mass is 32.2. The lowest BCUT2D eigenvalue weighted by Gasteiger charge is -2.20. The van der Waals surface area contributed by atoms with Gasteiger partial charge in [-0.25, -0.2) is 13.1 Å². The minimum atomic E-state index is -3.66. The molecular weight excluding hydrogens is 406 g/mol. The molecule has 9 heteroatoms. The molecule has 0 unspecified atom stereocenters. The fourth-order valence-electron chi connectivity index (χ4n) is 2.36.